The molecule has 3 aliphatic rings. The molecule has 3 heteroatoms. The van der Waals surface area contributed by atoms with Gasteiger partial charge in [-0.1, -0.05) is 19.8 Å². The van der Waals surface area contributed by atoms with Gasteiger partial charge in [0.25, 0.3) is 0 Å². The summed E-state index contributed by atoms with van der Waals surface area (Å²) in [4.78, 5) is 5.40. The van der Waals surface area contributed by atoms with E-state index >= 15 is 0 Å². The molecule has 1 atom stereocenters. The zero-order valence-electron chi connectivity index (χ0n) is 14.0. The summed E-state index contributed by atoms with van der Waals surface area (Å²) in [5, 5.41) is 3.88. The molecule has 1 saturated carbocycles. The minimum Gasteiger partial charge on any atom is -0.312 e. The van der Waals surface area contributed by atoms with Crippen LogP contribution in [0.25, 0.3) is 0 Å². The summed E-state index contributed by atoms with van der Waals surface area (Å²) in [7, 11) is 0. The maximum absolute atomic E-state index is 3.88. The number of likely N-dealkylation sites (tertiary alicyclic amines) is 2. The highest BCUT2D eigenvalue weighted by Crippen LogP contribution is 2.27. The van der Waals surface area contributed by atoms with Gasteiger partial charge in [0.05, 0.1) is 0 Å². The van der Waals surface area contributed by atoms with E-state index in [2.05, 4.69) is 22.0 Å². The van der Waals surface area contributed by atoms with Crippen LogP contribution >= 0.6 is 0 Å². The van der Waals surface area contributed by atoms with Crippen molar-refractivity contribution in [3.05, 3.63) is 0 Å². The number of piperidine rings is 2. The van der Waals surface area contributed by atoms with Crippen molar-refractivity contribution in [3.8, 4) is 0 Å². The second kappa shape index (κ2) is 7.94. The van der Waals surface area contributed by atoms with Gasteiger partial charge < -0.3 is 15.1 Å². The molecule has 3 rings (SSSR count). The smallest absolute Gasteiger partial charge is 0.0195 e. The van der Waals surface area contributed by atoms with Crippen LogP contribution in [-0.4, -0.2) is 61.2 Å². The number of nitrogens with one attached hydrogen (secondary N) is 1. The molecule has 0 unspecified atom stereocenters. The molecule has 0 aromatic heterocycles. The lowest BCUT2D eigenvalue weighted by Crippen LogP contribution is -2.48. The molecule has 2 aliphatic heterocycles. The van der Waals surface area contributed by atoms with Crippen molar-refractivity contribution < 1.29 is 0 Å². The molecule has 0 bridgehead atoms. The normalized spacial score (nSPS) is 31.0. The molecule has 0 spiro atoms. The number of hydrogen-bond donors (Lipinski definition) is 1. The Morgan fingerprint density at radius 1 is 0.905 bits per heavy atom. The van der Waals surface area contributed by atoms with Crippen LogP contribution in [0.4, 0.5) is 0 Å². The first-order valence-corrected chi connectivity index (χ1v) is 9.55. The third kappa shape index (κ3) is 4.43. The average molecular weight is 293 g/mol. The van der Waals surface area contributed by atoms with E-state index in [1.165, 1.54) is 90.6 Å². The number of rotatable bonds is 5. The average Bonchev–Trinajstić information content (AvgIpc) is 3.08. The molecule has 2 saturated heterocycles. The summed E-state index contributed by atoms with van der Waals surface area (Å²) in [5.74, 6) is 0.930. The molecule has 0 amide bonds. The van der Waals surface area contributed by atoms with Crippen LogP contribution in [0.15, 0.2) is 0 Å². The van der Waals surface area contributed by atoms with Crippen LogP contribution in [-0.2, 0) is 0 Å². The summed E-state index contributed by atoms with van der Waals surface area (Å²) >= 11 is 0. The van der Waals surface area contributed by atoms with E-state index in [-0.39, 0.29) is 0 Å². The Bertz CT molecular complexity index is 293. The van der Waals surface area contributed by atoms with Crippen LogP contribution in [0.2, 0.25) is 0 Å². The maximum Gasteiger partial charge on any atom is 0.0195 e. The largest absolute Gasteiger partial charge is 0.312 e. The third-order valence-electron chi connectivity index (χ3n) is 6.14. The summed E-state index contributed by atoms with van der Waals surface area (Å²) < 4.78 is 0. The van der Waals surface area contributed by atoms with E-state index in [1.54, 1.807) is 0 Å². The quantitative estimate of drug-likeness (QED) is 0.841. The predicted octanol–water partition coefficient (Wildman–Crippen LogP) is 2.71. The lowest BCUT2D eigenvalue weighted by Gasteiger charge is -2.37. The van der Waals surface area contributed by atoms with Gasteiger partial charge in [0.2, 0.25) is 0 Å². The predicted molar refractivity (Wildman–Crippen MR) is 89.7 cm³/mol. The van der Waals surface area contributed by atoms with Crippen molar-refractivity contribution >= 4 is 0 Å². The van der Waals surface area contributed by atoms with E-state index < -0.39 is 0 Å². The second-order valence-corrected chi connectivity index (χ2v) is 7.56. The van der Waals surface area contributed by atoms with Gasteiger partial charge in [0, 0.05) is 18.6 Å². The van der Waals surface area contributed by atoms with Crippen molar-refractivity contribution in [1.29, 1.82) is 0 Å². The van der Waals surface area contributed by atoms with Crippen molar-refractivity contribution in [3.63, 3.8) is 0 Å². The van der Waals surface area contributed by atoms with E-state index in [9.17, 15) is 0 Å². The molecule has 3 nitrogen and oxygen atoms in total. The zero-order valence-corrected chi connectivity index (χ0v) is 14.0. The topological polar surface area (TPSA) is 18.5 Å². The lowest BCUT2D eigenvalue weighted by molar-refractivity contribution is 0.128. The minimum atomic E-state index is 0.756. The fourth-order valence-electron chi connectivity index (χ4n) is 4.63. The monoisotopic (exact) mass is 293 g/mol. The van der Waals surface area contributed by atoms with Crippen molar-refractivity contribution in [1.82, 2.24) is 15.1 Å². The minimum absolute atomic E-state index is 0.756. The molecule has 1 N–H and O–H groups in total. The highest BCUT2D eigenvalue weighted by Gasteiger charge is 2.27. The molecule has 21 heavy (non-hydrogen) atoms. The Kier molecular flexibility index (Phi) is 5.96. The molecule has 2 heterocycles. The lowest BCUT2D eigenvalue weighted by atomic mass is 9.94. The molecule has 0 radical (unpaired) electrons. The molecule has 1 aliphatic carbocycles. The maximum atomic E-state index is 3.88. The first kappa shape index (κ1) is 15.8. The molecular formula is C18H35N3. The fraction of sp³-hybridized carbons (Fsp3) is 1.00. The van der Waals surface area contributed by atoms with Gasteiger partial charge in [-0.05, 0) is 77.2 Å². The number of hydrogen-bond acceptors (Lipinski definition) is 3. The van der Waals surface area contributed by atoms with Gasteiger partial charge in [0.15, 0.2) is 0 Å². The van der Waals surface area contributed by atoms with Gasteiger partial charge in [0.1, 0.15) is 0 Å². The van der Waals surface area contributed by atoms with E-state index in [1.807, 2.05) is 0 Å². The van der Waals surface area contributed by atoms with E-state index in [0.29, 0.717) is 0 Å². The first-order valence-electron chi connectivity index (χ1n) is 9.55. The summed E-state index contributed by atoms with van der Waals surface area (Å²) in [6.07, 6.45) is 11.5. The highest BCUT2D eigenvalue weighted by molar-refractivity contribution is 4.84. The Hall–Kier alpha value is -0.120. The third-order valence-corrected chi connectivity index (χ3v) is 6.14. The first-order chi connectivity index (χ1) is 10.3. The fourth-order valence-corrected chi connectivity index (χ4v) is 4.63. The van der Waals surface area contributed by atoms with Gasteiger partial charge in [-0.3, -0.25) is 0 Å². The van der Waals surface area contributed by atoms with Crippen molar-refractivity contribution in [2.24, 2.45) is 5.92 Å². The molecule has 0 aromatic carbocycles. The summed E-state index contributed by atoms with van der Waals surface area (Å²) in [6, 6.07) is 1.70. The highest BCUT2D eigenvalue weighted by atomic mass is 15.2. The Morgan fingerprint density at radius 2 is 1.67 bits per heavy atom. The van der Waals surface area contributed by atoms with Gasteiger partial charge in [-0.2, -0.15) is 0 Å². The SMILES string of the molecule is CCN1CCC[C@H](NCC2CCN(C3CCCC3)CC2)C1. The van der Waals surface area contributed by atoms with Crippen LogP contribution < -0.4 is 5.32 Å². The van der Waals surface area contributed by atoms with Crippen LogP contribution in [0.5, 0.6) is 0 Å². The van der Waals surface area contributed by atoms with E-state index in [4.69, 9.17) is 0 Å². The second-order valence-electron chi connectivity index (χ2n) is 7.56. The van der Waals surface area contributed by atoms with Gasteiger partial charge in [-0.15, -0.1) is 0 Å². The van der Waals surface area contributed by atoms with Crippen LogP contribution in [0, 0.1) is 5.92 Å². The number of nitrogens with zero attached hydrogens (tertiary/aromatic N) is 2. The van der Waals surface area contributed by atoms with Crippen molar-refractivity contribution in [2.45, 2.75) is 70.4 Å². The van der Waals surface area contributed by atoms with Gasteiger partial charge in [-0.25, -0.2) is 0 Å². The van der Waals surface area contributed by atoms with Crippen LogP contribution in [0.3, 0.4) is 0 Å². The Morgan fingerprint density at radius 3 is 2.38 bits per heavy atom. The molecular weight excluding hydrogens is 258 g/mol. The van der Waals surface area contributed by atoms with Crippen LogP contribution in [0.1, 0.15) is 58.3 Å². The van der Waals surface area contributed by atoms with Crippen molar-refractivity contribution in [2.75, 3.05) is 39.3 Å². The number of likely N-dealkylation sites (N-methyl/N-ethyl adjacent to an activating group) is 1. The van der Waals surface area contributed by atoms with Gasteiger partial charge >= 0.3 is 0 Å². The standard InChI is InChI=1S/C18H35N3/c1-2-20-11-5-6-17(15-20)19-14-16-9-12-21(13-10-16)18-7-3-4-8-18/h16-19H,2-15H2,1H3/t17-/m0/s1. The zero-order chi connectivity index (χ0) is 14.5. The summed E-state index contributed by atoms with van der Waals surface area (Å²) in [5.41, 5.74) is 0. The Balaban J connectivity index is 1.33. The van der Waals surface area contributed by atoms with E-state index in [0.717, 1.165) is 18.0 Å². The molecule has 122 valence electrons. The summed E-state index contributed by atoms with van der Waals surface area (Å²) in [6.45, 7) is 10.1. The Labute approximate surface area is 131 Å². The molecule has 0 aromatic rings. The molecule has 3 fully saturated rings.